The maximum atomic E-state index is 12.7. The van der Waals surface area contributed by atoms with Gasteiger partial charge in [-0.3, -0.25) is 4.79 Å². The summed E-state index contributed by atoms with van der Waals surface area (Å²) >= 11 is 0. The predicted octanol–water partition coefficient (Wildman–Crippen LogP) is 2.76. The third-order valence-electron chi connectivity index (χ3n) is 5.10. The number of rotatable bonds is 6. The molecule has 1 amide bonds. The van der Waals surface area contributed by atoms with Crippen LogP contribution in [0.2, 0.25) is 0 Å². The number of amides is 1. The smallest absolute Gasteiger partial charge is 0.246 e. The molecule has 7 nitrogen and oxygen atoms in total. The molecule has 1 heterocycles. The molecule has 0 aromatic heterocycles. The van der Waals surface area contributed by atoms with Crippen LogP contribution in [0, 0.1) is 13.8 Å². The molecule has 3 rings (SSSR count). The molecule has 8 heteroatoms. The fourth-order valence-corrected chi connectivity index (χ4v) is 4.51. The van der Waals surface area contributed by atoms with Crippen LogP contribution in [0.15, 0.2) is 47.4 Å². The number of nitrogens with zero attached hydrogens (tertiary/aromatic N) is 1. The first-order valence-corrected chi connectivity index (χ1v) is 11.0. The molecule has 1 aliphatic rings. The minimum atomic E-state index is -3.54. The summed E-state index contributed by atoms with van der Waals surface area (Å²) in [6.07, 6.45) is 0. The number of carbonyl (C=O) groups is 1. The lowest BCUT2D eigenvalue weighted by atomic mass is 10.1. The molecule has 0 spiro atoms. The minimum absolute atomic E-state index is 0.199. The summed E-state index contributed by atoms with van der Waals surface area (Å²) in [5, 5.41) is 6.05. The lowest BCUT2D eigenvalue weighted by Crippen LogP contribution is -2.40. The molecule has 1 atom stereocenters. The summed E-state index contributed by atoms with van der Waals surface area (Å²) in [5.41, 5.74) is 3.72. The molecule has 0 saturated carbocycles. The lowest BCUT2D eigenvalue weighted by molar-refractivity contribution is -0.116. The highest BCUT2D eigenvalue weighted by Gasteiger charge is 2.26. The van der Waals surface area contributed by atoms with E-state index < -0.39 is 16.1 Å². The molecule has 29 heavy (non-hydrogen) atoms. The summed E-state index contributed by atoms with van der Waals surface area (Å²) in [7, 11) is -3.54. The van der Waals surface area contributed by atoms with Gasteiger partial charge in [0.1, 0.15) is 6.04 Å². The van der Waals surface area contributed by atoms with Crippen LogP contribution in [-0.4, -0.2) is 51.0 Å². The first kappa shape index (κ1) is 21.3. The van der Waals surface area contributed by atoms with Gasteiger partial charge in [-0.05, 0) is 62.2 Å². The molecule has 0 bridgehead atoms. The highest BCUT2D eigenvalue weighted by molar-refractivity contribution is 7.89. The predicted molar refractivity (Wildman–Crippen MR) is 114 cm³/mol. The van der Waals surface area contributed by atoms with Crippen LogP contribution in [0.4, 0.5) is 11.4 Å². The van der Waals surface area contributed by atoms with Gasteiger partial charge >= 0.3 is 0 Å². The van der Waals surface area contributed by atoms with E-state index in [1.54, 1.807) is 19.1 Å². The molecule has 0 aliphatic carbocycles. The van der Waals surface area contributed by atoms with E-state index in [1.165, 1.54) is 16.4 Å². The Morgan fingerprint density at radius 2 is 1.72 bits per heavy atom. The third-order valence-corrected chi connectivity index (χ3v) is 7.01. The van der Waals surface area contributed by atoms with Gasteiger partial charge in [-0.1, -0.05) is 12.1 Å². The highest BCUT2D eigenvalue weighted by atomic mass is 32.2. The third kappa shape index (κ3) is 4.95. The molecule has 0 radical (unpaired) electrons. The van der Waals surface area contributed by atoms with Crippen molar-refractivity contribution < 1.29 is 17.9 Å². The van der Waals surface area contributed by atoms with E-state index >= 15 is 0 Å². The summed E-state index contributed by atoms with van der Waals surface area (Å²) < 4.78 is 32.0. The zero-order chi connectivity index (χ0) is 21.0. The Morgan fingerprint density at radius 3 is 2.38 bits per heavy atom. The zero-order valence-electron chi connectivity index (χ0n) is 16.9. The second-order valence-corrected chi connectivity index (χ2v) is 9.08. The van der Waals surface area contributed by atoms with Crippen molar-refractivity contribution in [2.75, 3.05) is 36.9 Å². The van der Waals surface area contributed by atoms with Gasteiger partial charge in [0.2, 0.25) is 15.9 Å². The van der Waals surface area contributed by atoms with Crippen LogP contribution >= 0.6 is 0 Å². The van der Waals surface area contributed by atoms with Crippen LogP contribution in [0.5, 0.6) is 0 Å². The number of benzene rings is 2. The summed E-state index contributed by atoms with van der Waals surface area (Å²) in [6, 6.07) is 11.7. The van der Waals surface area contributed by atoms with Crippen LogP contribution < -0.4 is 10.6 Å². The van der Waals surface area contributed by atoms with Gasteiger partial charge in [0, 0.05) is 24.5 Å². The van der Waals surface area contributed by atoms with Crippen molar-refractivity contribution in [2.24, 2.45) is 0 Å². The monoisotopic (exact) mass is 417 g/mol. The number of aryl methyl sites for hydroxylation is 1. The number of hydrogen-bond acceptors (Lipinski definition) is 5. The van der Waals surface area contributed by atoms with Crippen molar-refractivity contribution >= 4 is 27.3 Å². The second-order valence-electron chi connectivity index (χ2n) is 7.14. The molecule has 0 unspecified atom stereocenters. The van der Waals surface area contributed by atoms with Gasteiger partial charge in [-0.2, -0.15) is 4.31 Å². The molecular formula is C21H27N3O4S. The maximum Gasteiger partial charge on any atom is 0.246 e. The number of anilines is 2. The molecule has 2 aromatic rings. The molecule has 2 aromatic carbocycles. The van der Waals surface area contributed by atoms with Crippen molar-refractivity contribution in [1.29, 1.82) is 0 Å². The Labute approximate surface area is 172 Å². The highest BCUT2D eigenvalue weighted by Crippen LogP contribution is 2.21. The first-order valence-electron chi connectivity index (χ1n) is 9.60. The van der Waals surface area contributed by atoms with Gasteiger partial charge < -0.3 is 15.4 Å². The Balaban J connectivity index is 1.64. The molecular weight excluding hydrogens is 390 g/mol. The van der Waals surface area contributed by atoms with Crippen molar-refractivity contribution in [1.82, 2.24) is 4.31 Å². The van der Waals surface area contributed by atoms with Crippen LogP contribution in [-0.2, 0) is 19.6 Å². The average Bonchev–Trinajstić information content (AvgIpc) is 2.72. The first-order chi connectivity index (χ1) is 13.8. The second kappa shape index (κ2) is 8.94. The van der Waals surface area contributed by atoms with E-state index in [2.05, 4.69) is 10.6 Å². The number of nitrogens with one attached hydrogen (secondary N) is 2. The number of morpholine rings is 1. The average molecular weight is 418 g/mol. The number of ether oxygens (including phenoxy) is 1. The molecule has 156 valence electrons. The standard InChI is InChI=1S/C21H27N3O4S/c1-15-5-4-6-20(16(15)2)22-17(3)21(25)23-18-7-9-19(10-8-18)29(26,27)24-11-13-28-14-12-24/h4-10,17,22H,11-14H2,1-3H3,(H,23,25)/t17-/m1/s1. The maximum absolute atomic E-state index is 12.7. The number of sulfonamides is 1. The zero-order valence-corrected chi connectivity index (χ0v) is 17.8. The lowest BCUT2D eigenvalue weighted by Gasteiger charge is -2.26. The Bertz CT molecular complexity index is 968. The summed E-state index contributed by atoms with van der Waals surface area (Å²) in [5.74, 6) is -0.199. The van der Waals surface area contributed by atoms with E-state index in [-0.39, 0.29) is 10.8 Å². The van der Waals surface area contributed by atoms with Gasteiger partial charge in [0.25, 0.3) is 0 Å². The summed E-state index contributed by atoms with van der Waals surface area (Å²) in [6.45, 7) is 7.32. The van der Waals surface area contributed by atoms with E-state index in [1.807, 2.05) is 32.0 Å². The van der Waals surface area contributed by atoms with E-state index in [0.29, 0.717) is 32.0 Å². The van der Waals surface area contributed by atoms with Crippen molar-refractivity contribution in [3.63, 3.8) is 0 Å². The van der Waals surface area contributed by atoms with Crippen molar-refractivity contribution in [3.05, 3.63) is 53.6 Å². The molecule has 1 fully saturated rings. The quantitative estimate of drug-likeness (QED) is 0.755. The van der Waals surface area contributed by atoms with Crippen LogP contribution in [0.25, 0.3) is 0 Å². The molecule has 2 N–H and O–H groups in total. The minimum Gasteiger partial charge on any atom is -0.379 e. The van der Waals surface area contributed by atoms with Gasteiger partial charge in [-0.25, -0.2) is 8.42 Å². The Morgan fingerprint density at radius 1 is 1.07 bits per heavy atom. The van der Waals surface area contributed by atoms with Gasteiger partial charge in [-0.15, -0.1) is 0 Å². The van der Waals surface area contributed by atoms with Crippen LogP contribution in [0.1, 0.15) is 18.1 Å². The molecule has 1 saturated heterocycles. The summed E-state index contributed by atoms with van der Waals surface area (Å²) in [4.78, 5) is 12.7. The van der Waals surface area contributed by atoms with Crippen molar-refractivity contribution in [3.8, 4) is 0 Å². The fourth-order valence-electron chi connectivity index (χ4n) is 3.10. The van der Waals surface area contributed by atoms with Gasteiger partial charge in [0.15, 0.2) is 0 Å². The Kier molecular flexibility index (Phi) is 6.56. The SMILES string of the molecule is Cc1cccc(N[C@H](C)C(=O)Nc2ccc(S(=O)(=O)N3CCOCC3)cc2)c1C. The topological polar surface area (TPSA) is 87.7 Å². The van der Waals surface area contributed by atoms with E-state index in [0.717, 1.165) is 16.8 Å². The van der Waals surface area contributed by atoms with E-state index in [9.17, 15) is 13.2 Å². The van der Waals surface area contributed by atoms with Crippen LogP contribution in [0.3, 0.4) is 0 Å². The number of carbonyl (C=O) groups excluding carboxylic acids is 1. The van der Waals surface area contributed by atoms with Crippen molar-refractivity contribution in [2.45, 2.75) is 31.7 Å². The van der Waals surface area contributed by atoms with Gasteiger partial charge in [0.05, 0.1) is 18.1 Å². The normalized spacial score (nSPS) is 16.2. The number of hydrogen-bond donors (Lipinski definition) is 2. The van der Waals surface area contributed by atoms with E-state index in [4.69, 9.17) is 4.74 Å². The largest absolute Gasteiger partial charge is 0.379 e. The Hall–Kier alpha value is -2.42. The molecule has 1 aliphatic heterocycles. The fraction of sp³-hybridized carbons (Fsp3) is 0.381.